The minimum Gasteiger partial charge on any atom is -0.450 e. The molecule has 4 aromatic rings. The normalized spacial score (nSPS) is 16.0. The number of fused-ring (bicyclic) bond motifs is 2. The number of rotatable bonds is 2. The van der Waals surface area contributed by atoms with Crippen LogP contribution < -0.4 is 10.3 Å². The number of aromatic nitrogens is 1. The van der Waals surface area contributed by atoms with Gasteiger partial charge in [0.15, 0.2) is 10.6 Å². The van der Waals surface area contributed by atoms with E-state index < -0.39 is 6.04 Å². The third kappa shape index (κ3) is 3.40. The predicted molar refractivity (Wildman–Crippen MR) is 133 cm³/mol. The minimum atomic E-state index is -0.590. The second-order valence-corrected chi connectivity index (χ2v) is 10.9. The van der Waals surface area contributed by atoms with Gasteiger partial charge in [-0.2, -0.15) is 0 Å². The van der Waals surface area contributed by atoms with Crippen molar-refractivity contribution >= 4 is 33.3 Å². The lowest BCUT2D eigenvalue weighted by Gasteiger charge is -2.24. The van der Waals surface area contributed by atoms with Gasteiger partial charge >= 0.3 is 0 Å². The zero-order valence-electron chi connectivity index (χ0n) is 19.6. The summed E-state index contributed by atoms with van der Waals surface area (Å²) >= 11 is 1.45. The number of carbonyl (C=O) groups excluding carboxylic acids is 1. The van der Waals surface area contributed by atoms with Crippen LogP contribution in [0.5, 0.6) is 0 Å². The second-order valence-electron chi connectivity index (χ2n) is 9.76. The van der Waals surface area contributed by atoms with Crippen molar-refractivity contribution in [3.05, 3.63) is 91.3 Å². The van der Waals surface area contributed by atoms with Crippen LogP contribution in [-0.2, 0) is 5.41 Å². The van der Waals surface area contributed by atoms with Crippen molar-refractivity contribution in [2.45, 2.75) is 53.0 Å². The zero-order chi connectivity index (χ0) is 23.7. The van der Waals surface area contributed by atoms with E-state index >= 15 is 0 Å². The number of benzene rings is 2. The molecule has 6 heteroatoms. The maximum absolute atomic E-state index is 13.7. The van der Waals surface area contributed by atoms with Crippen molar-refractivity contribution in [2.24, 2.45) is 0 Å². The van der Waals surface area contributed by atoms with Crippen LogP contribution >= 0.6 is 11.3 Å². The summed E-state index contributed by atoms with van der Waals surface area (Å²) in [5.41, 5.74) is 4.52. The van der Waals surface area contributed by atoms with E-state index in [9.17, 15) is 9.59 Å². The molecule has 0 radical (unpaired) electrons. The van der Waals surface area contributed by atoms with Gasteiger partial charge in [-0.25, -0.2) is 4.98 Å². The van der Waals surface area contributed by atoms with E-state index in [0.717, 1.165) is 21.7 Å². The summed E-state index contributed by atoms with van der Waals surface area (Å²) < 4.78 is 6.06. The predicted octanol–water partition coefficient (Wildman–Crippen LogP) is 6.22. The van der Waals surface area contributed by atoms with Gasteiger partial charge in [0.2, 0.25) is 5.76 Å². The van der Waals surface area contributed by atoms with Crippen molar-refractivity contribution in [2.75, 3.05) is 4.90 Å². The Labute approximate surface area is 196 Å². The van der Waals surface area contributed by atoms with Gasteiger partial charge < -0.3 is 4.42 Å². The molecular formula is C27H26N2O3S. The fourth-order valence-corrected chi connectivity index (χ4v) is 5.26. The average molecular weight is 459 g/mol. The lowest BCUT2D eigenvalue weighted by atomic mass is 9.86. The highest BCUT2D eigenvalue weighted by atomic mass is 32.1. The molecule has 0 bridgehead atoms. The first-order valence-electron chi connectivity index (χ1n) is 11.0. The largest absolute Gasteiger partial charge is 0.450 e. The summed E-state index contributed by atoms with van der Waals surface area (Å²) in [5.74, 6) is -0.227. The summed E-state index contributed by atoms with van der Waals surface area (Å²) in [6.07, 6.45) is 0. The Morgan fingerprint density at radius 1 is 1.00 bits per heavy atom. The summed E-state index contributed by atoms with van der Waals surface area (Å²) in [4.78, 5) is 34.7. The van der Waals surface area contributed by atoms with Crippen LogP contribution in [0, 0.1) is 20.8 Å². The third-order valence-corrected chi connectivity index (χ3v) is 7.41. The van der Waals surface area contributed by atoms with Gasteiger partial charge in [0, 0.05) is 4.88 Å². The van der Waals surface area contributed by atoms with Crippen LogP contribution in [0.2, 0.25) is 0 Å². The Hall–Kier alpha value is -3.25. The maximum atomic E-state index is 13.7. The van der Waals surface area contributed by atoms with Gasteiger partial charge in [0.05, 0.1) is 22.7 Å². The Morgan fingerprint density at radius 2 is 1.70 bits per heavy atom. The highest BCUT2D eigenvalue weighted by Crippen LogP contribution is 2.43. The van der Waals surface area contributed by atoms with E-state index in [-0.39, 0.29) is 22.5 Å². The summed E-state index contributed by atoms with van der Waals surface area (Å²) in [6.45, 7) is 12.3. The molecule has 1 aliphatic heterocycles. The summed E-state index contributed by atoms with van der Waals surface area (Å²) in [7, 11) is 0. The number of hydrogen-bond acceptors (Lipinski definition) is 5. The maximum Gasteiger partial charge on any atom is 0.297 e. The van der Waals surface area contributed by atoms with E-state index in [1.807, 2.05) is 45.0 Å². The smallest absolute Gasteiger partial charge is 0.297 e. The molecule has 2 aromatic carbocycles. The SMILES string of the molecule is Cc1ccc2oc3c(c(=O)c2c1)[C@H](c1ccc(C(C)(C)C)cc1)N(c1nc(C)c(C)s1)C3=O. The van der Waals surface area contributed by atoms with Crippen LogP contribution in [0.25, 0.3) is 11.0 Å². The van der Waals surface area contributed by atoms with Crippen molar-refractivity contribution in [1.82, 2.24) is 4.98 Å². The monoisotopic (exact) mass is 458 g/mol. The van der Waals surface area contributed by atoms with Crippen LogP contribution in [0.15, 0.2) is 51.7 Å². The van der Waals surface area contributed by atoms with Crippen LogP contribution in [0.1, 0.15) is 70.2 Å². The van der Waals surface area contributed by atoms with Gasteiger partial charge in [-0.15, -0.1) is 11.3 Å². The number of nitrogens with zero attached hydrogens (tertiary/aromatic N) is 2. The number of aryl methyl sites for hydroxylation is 3. The Kier molecular flexibility index (Phi) is 4.83. The molecule has 168 valence electrons. The molecule has 3 heterocycles. The van der Waals surface area contributed by atoms with E-state index in [4.69, 9.17) is 4.42 Å². The molecule has 1 aliphatic rings. The highest BCUT2D eigenvalue weighted by molar-refractivity contribution is 7.15. The second kappa shape index (κ2) is 7.39. The molecule has 2 aromatic heterocycles. The fraction of sp³-hybridized carbons (Fsp3) is 0.296. The lowest BCUT2D eigenvalue weighted by molar-refractivity contribution is 0.0971. The van der Waals surface area contributed by atoms with E-state index in [0.29, 0.717) is 21.7 Å². The molecule has 0 spiro atoms. The van der Waals surface area contributed by atoms with Gasteiger partial charge in [-0.1, -0.05) is 56.7 Å². The molecule has 1 amide bonds. The van der Waals surface area contributed by atoms with Crippen LogP contribution in [0.3, 0.4) is 0 Å². The van der Waals surface area contributed by atoms with E-state index in [1.54, 1.807) is 11.0 Å². The molecule has 0 fully saturated rings. The van der Waals surface area contributed by atoms with Crippen molar-refractivity contribution in [1.29, 1.82) is 0 Å². The Bertz CT molecular complexity index is 1450. The Balaban J connectivity index is 1.78. The van der Waals surface area contributed by atoms with Gasteiger partial charge in [0.25, 0.3) is 5.91 Å². The van der Waals surface area contributed by atoms with E-state index in [1.165, 1.54) is 16.9 Å². The standard InChI is InChI=1S/C27H26N2O3S/c1-14-7-12-20-19(13-14)23(30)21-22(17-8-10-18(11-9-17)27(4,5)6)29(25(31)24(21)32-20)26-28-15(2)16(3)33-26/h7-13,22H,1-6H3/t22-/m0/s1. The first-order valence-corrected chi connectivity index (χ1v) is 11.8. The van der Waals surface area contributed by atoms with Gasteiger partial charge in [0.1, 0.15) is 5.58 Å². The molecule has 0 saturated heterocycles. The fourth-order valence-electron chi connectivity index (χ4n) is 4.32. The number of anilines is 1. The first kappa shape index (κ1) is 21.6. The molecule has 33 heavy (non-hydrogen) atoms. The van der Waals surface area contributed by atoms with Gasteiger partial charge in [-0.05, 0) is 49.4 Å². The van der Waals surface area contributed by atoms with Crippen LogP contribution in [-0.4, -0.2) is 10.9 Å². The number of amides is 1. The molecule has 5 rings (SSSR count). The summed E-state index contributed by atoms with van der Waals surface area (Å²) in [6, 6.07) is 13.0. The zero-order valence-corrected chi connectivity index (χ0v) is 20.5. The molecule has 0 aliphatic carbocycles. The minimum absolute atomic E-state index is 0.00207. The van der Waals surface area contributed by atoms with Crippen molar-refractivity contribution in [3.8, 4) is 0 Å². The Morgan fingerprint density at radius 3 is 2.30 bits per heavy atom. The first-order chi connectivity index (χ1) is 15.6. The van der Waals surface area contributed by atoms with Crippen molar-refractivity contribution in [3.63, 3.8) is 0 Å². The topological polar surface area (TPSA) is 63.4 Å². The van der Waals surface area contributed by atoms with Gasteiger partial charge in [-0.3, -0.25) is 14.5 Å². The molecule has 0 unspecified atom stereocenters. The number of carbonyl (C=O) groups is 1. The highest BCUT2D eigenvalue weighted by Gasteiger charge is 2.45. The third-order valence-electron chi connectivity index (χ3n) is 6.34. The molecule has 0 saturated carbocycles. The van der Waals surface area contributed by atoms with Crippen LogP contribution in [0.4, 0.5) is 5.13 Å². The number of thiazole rings is 1. The molecule has 0 N–H and O–H groups in total. The molecule has 5 nitrogen and oxygen atoms in total. The number of hydrogen-bond donors (Lipinski definition) is 0. The molecular weight excluding hydrogens is 432 g/mol. The van der Waals surface area contributed by atoms with E-state index in [2.05, 4.69) is 37.9 Å². The van der Waals surface area contributed by atoms with Crippen molar-refractivity contribution < 1.29 is 9.21 Å². The quantitative estimate of drug-likeness (QED) is 0.358. The lowest BCUT2D eigenvalue weighted by Crippen LogP contribution is -2.29. The molecule has 1 atom stereocenters. The average Bonchev–Trinajstić information content (AvgIpc) is 3.24. The summed E-state index contributed by atoms with van der Waals surface area (Å²) in [5, 5.41) is 1.07.